The first-order chi connectivity index (χ1) is 13.5. The fourth-order valence-corrected chi connectivity index (χ4v) is 3.12. The zero-order chi connectivity index (χ0) is 20.4. The lowest BCUT2D eigenvalue weighted by Crippen LogP contribution is -2.34. The Labute approximate surface area is 168 Å². The van der Waals surface area contributed by atoms with Crippen LogP contribution in [0.15, 0.2) is 54.6 Å². The fourth-order valence-electron chi connectivity index (χ4n) is 3.12. The van der Waals surface area contributed by atoms with Gasteiger partial charge in [-0.15, -0.1) is 0 Å². The first-order valence-corrected chi connectivity index (χ1v) is 10.0. The topological polar surface area (TPSA) is 61.4 Å². The van der Waals surface area contributed by atoms with E-state index in [-0.39, 0.29) is 17.9 Å². The van der Waals surface area contributed by atoms with Crippen LogP contribution in [-0.4, -0.2) is 36.3 Å². The van der Waals surface area contributed by atoms with Crippen LogP contribution in [-0.2, 0) is 4.79 Å². The Kier molecular flexibility index (Phi) is 8.69. The number of nitrogens with zero attached hydrogens (tertiary/aromatic N) is 1. The Morgan fingerprint density at radius 3 is 2.11 bits per heavy atom. The number of hydrogen-bond acceptors (Lipinski definition) is 3. The Bertz CT molecular complexity index is 738. The summed E-state index contributed by atoms with van der Waals surface area (Å²) in [4.78, 5) is 26.9. The van der Waals surface area contributed by atoms with Crippen molar-refractivity contribution in [1.29, 1.82) is 0 Å². The Morgan fingerprint density at radius 2 is 1.54 bits per heavy atom. The van der Waals surface area contributed by atoms with Crippen molar-refractivity contribution >= 4 is 17.5 Å². The number of amides is 2. The molecule has 150 valence electrons. The van der Waals surface area contributed by atoms with Crippen molar-refractivity contribution in [3.05, 3.63) is 65.7 Å². The normalized spacial score (nSPS) is 11.9. The number of anilines is 1. The molecule has 2 aromatic carbocycles. The third-order valence-corrected chi connectivity index (χ3v) is 4.52. The van der Waals surface area contributed by atoms with Gasteiger partial charge in [-0.05, 0) is 62.7 Å². The highest BCUT2D eigenvalue weighted by molar-refractivity contribution is 5.96. The van der Waals surface area contributed by atoms with Crippen LogP contribution in [0.3, 0.4) is 0 Å². The number of hydrogen-bond donors (Lipinski definition) is 2. The fraction of sp³-hybridized carbons (Fsp3) is 0.391. The van der Waals surface area contributed by atoms with Crippen LogP contribution in [0.1, 0.15) is 55.6 Å². The first kappa shape index (κ1) is 21.6. The predicted octanol–water partition coefficient (Wildman–Crippen LogP) is 4.24. The van der Waals surface area contributed by atoms with E-state index in [1.165, 1.54) is 0 Å². The summed E-state index contributed by atoms with van der Waals surface area (Å²) in [5, 5.41) is 5.90. The van der Waals surface area contributed by atoms with E-state index in [4.69, 9.17) is 0 Å². The van der Waals surface area contributed by atoms with Crippen LogP contribution < -0.4 is 10.6 Å². The number of benzene rings is 2. The third kappa shape index (κ3) is 6.82. The molecule has 2 amide bonds. The van der Waals surface area contributed by atoms with E-state index >= 15 is 0 Å². The average Bonchev–Trinajstić information content (AvgIpc) is 2.69. The quantitative estimate of drug-likeness (QED) is 0.647. The molecule has 0 aliphatic heterocycles. The molecule has 2 rings (SSSR count). The highest BCUT2D eigenvalue weighted by Crippen LogP contribution is 2.14. The van der Waals surface area contributed by atoms with E-state index in [9.17, 15) is 9.59 Å². The summed E-state index contributed by atoms with van der Waals surface area (Å²) in [5.41, 5.74) is 2.33. The zero-order valence-electron chi connectivity index (χ0n) is 17.1. The molecule has 5 nitrogen and oxygen atoms in total. The molecule has 0 aromatic heterocycles. The van der Waals surface area contributed by atoms with Crippen molar-refractivity contribution in [3.8, 4) is 0 Å². The van der Waals surface area contributed by atoms with Gasteiger partial charge < -0.3 is 10.6 Å². The van der Waals surface area contributed by atoms with Crippen molar-refractivity contribution in [2.75, 3.05) is 25.0 Å². The number of rotatable bonds is 10. The van der Waals surface area contributed by atoms with Gasteiger partial charge in [-0.1, -0.05) is 44.2 Å². The van der Waals surface area contributed by atoms with Gasteiger partial charge >= 0.3 is 0 Å². The molecule has 0 aliphatic carbocycles. The Hall–Kier alpha value is -2.66. The lowest BCUT2D eigenvalue weighted by molar-refractivity contribution is -0.117. The highest BCUT2D eigenvalue weighted by atomic mass is 16.2. The second-order valence-electron chi connectivity index (χ2n) is 7.01. The van der Waals surface area contributed by atoms with Gasteiger partial charge in [-0.25, -0.2) is 0 Å². The molecular weight excluding hydrogens is 350 g/mol. The van der Waals surface area contributed by atoms with Crippen LogP contribution in [0.2, 0.25) is 0 Å². The molecule has 5 heteroatoms. The molecule has 0 fully saturated rings. The summed E-state index contributed by atoms with van der Waals surface area (Å²) >= 11 is 0. The minimum Gasteiger partial charge on any atom is -0.346 e. The largest absolute Gasteiger partial charge is 0.346 e. The summed E-state index contributed by atoms with van der Waals surface area (Å²) in [6.45, 7) is 8.41. The van der Waals surface area contributed by atoms with E-state index in [1.54, 1.807) is 24.3 Å². The molecule has 0 bridgehead atoms. The molecular formula is C23H31N3O2. The van der Waals surface area contributed by atoms with Crippen molar-refractivity contribution in [2.24, 2.45) is 0 Å². The number of carbonyl (C=O) groups excluding carboxylic acids is 2. The zero-order valence-corrected chi connectivity index (χ0v) is 17.1. The van der Waals surface area contributed by atoms with Gasteiger partial charge in [-0.3, -0.25) is 14.5 Å². The standard InChI is InChI=1S/C23H31N3O2/c1-4-15-26(16-5-2)17-22(27)25-21-13-11-20(12-14-21)23(28)24-18(3)19-9-7-6-8-10-19/h6-14,18H,4-5,15-17H2,1-3H3,(H,24,28)(H,25,27). The molecule has 0 heterocycles. The van der Waals surface area contributed by atoms with Crippen molar-refractivity contribution < 1.29 is 9.59 Å². The second kappa shape index (κ2) is 11.2. The third-order valence-electron chi connectivity index (χ3n) is 4.52. The van der Waals surface area contributed by atoms with Crippen molar-refractivity contribution in [3.63, 3.8) is 0 Å². The van der Waals surface area contributed by atoms with Crippen molar-refractivity contribution in [2.45, 2.75) is 39.7 Å². The van der Waals surface area contributed by atoms with Gasteiger partial charge in [0.15, 0.2) is 0 Å². The first-order valence-electron chi connectivity index (χ1n) is 10.0. The summed E-state index contributed by atoms with van der Waals surface area (Å²) in [6.07, 6.45) is 2.05. The summed E-state index contributed by atoms with van der Waals surface area (Å²) in [6, 6.07) is 16.8. The SMILES string of the molecule is CCCN(CCC)CC(=O)Nc1ccc(C(=O)NC(C)c2ccccc2)cc1. The smallest absolute Gasteiger partial charge is 0.251 e. The molecule has 0 radical (unpaired) electrons. The molecule has 0 saturated carbocycles. The van der Waals surface area contributed by atoms with E-state index in [0.29, 0.717) is 17.8 Å². The number of carbonyl (C=O) groups is 2. The maximum Gasteiger partial charge on any atom is 0.251 e. The Balaban J connectivity index is 1.89. The van der Waals surface area contributed by atoms with E-state index in [1.807, 2.05) is 37.3 Å². The second-order valence-corrected chi connectivity index (χ2v) is 7.01. The van der Waals surface area contributed by atoms with Crippen LogP contribution in [0.5, 0.6) is 0 Å². The van der Waals surface area contributed by atoms with Crippen LogP contribution in [0.4, 0.5) is 5.69 Å². The lowest BCUT2D eigenvalue weighted by atomic mass is 10.1. The van der Waals surface area contributed by atoms with Gasteiger partial charge in [0.25, 0.3) is 5.91 Å². The average molecular weight is 382 g/mol. The molecule has 1 atom stereocenters. The van der Waals surface area contributed by atoms with Crippen LogP contribution in [0.25, 0.3) is 0 Å². The molecule has 0 saturated heterocycles. The van der Waals surface area contributed by atoms with Gasteiger partial charge in [0.05, 0.1) is 12.6 Å². The van der Waals surface area contributed by atoms with E-state index in [2.05, 4.69) is 29.4 Å². The van der Waals surface area contributed by atoms with E-state index < -0.39 is 0 Å². The molecule has 0 aliphatic rings. The molecule has 0 spiro atoms. The number of nitrogens with one attached hydrogen (secondary N) is 2. The van der Waals surface area contributed by atoms with Gasteiger partial charge in [0.1, 0.15) is 0 Å². The minimum atomic E-state index is -0.133. The summed E-state index contributed by atoms with van der Waals surface area (Å²) < 4.78 is 0. The minimum absolute atomic E-state index is 0.0307. The predicted molar refractivity (Wildman–Crippen MR) is 114 cm³/mol. The molecule has 2 aromatic rings. The maximum absolute atomic E-state index is 12.4. The highest BCUT2D eigenvalue weighted by Gasteiger charge is 2.12. The monoisotopic (exact) mass is 381 g/mol. The molecule has 1 unspecified atom stereocenters. The van der Waals surface area contributed by atoms with Gasteiger partial charge in [0, 0.05) is 11.3 Å². The van der Waals surface area contributed by atoms with Gasteiger partial charge in [-0.2, -0.15) is 0 Å². The van der Waals surface area contributed by atoms with E-state index in [0.717, 1.165) is 31.5 Å². The summed E-state index contributed by atoms with van der Waals surface area (Å²) in [7, 11) is 0. The molecule has 28 heavy (non-hydrogen) atoms. The molecule has 2 N–H and O–H groups in total. The lowest BCUT2D eigenvalue weighted by Gasteiger charge is -2.20. The van der Waals surface area contributed by atoms with Gasteiger partial charge in [0.2, 0.25) is 5.91 Å². The van der Waals surface area contributed by atoms with Crippen LogP contribution in [0, 0.1) is 0 Å². The summed E-state index contributed by atoms with van der Waals surface area (Å²) in [5.74, 6) is -0.164. The maximum atomic E-state index is 12.4. The van der Waals surface area contributed by atoms with Crippen LogP contribution >= 0.6 is 0 Å². The Morgan fingerprint density at radius 1 is 0.929 bits per heavy atom. The van der Waals surface area contributed by atoms with Crippen molar-refractivity contribution in [1.82, 2.24) is 10.2 Å².